The Hall–Kier alpha value is -0.130. The molecule has 3 rings (SSSR count). The molecule has 7 heteroatoms. The number of likely N-dealkylation sites (tertiary alicyclic amines) is 1. The summed E-state index contributed by atoms with van der Waals surface area (Å²) in [5.74, 6) is 1.13. The first-order valence-electron chi connectivity index (χ1n) is 7.15. The van der Waals surface area contributed by atoms with Crippen molar-refractivity contribution in [2.75, 3.05) is 24.7 Å². The second-order valence-electron chi connectivity index (χ2n) is 5.46. The lowest BCUT2D eigenvalue weighted by Crippen LogP contribution is -2.25. The van der Waals surface area contributed by atoms with Crippen LogP contribution in [0.1, 0.15) is 24.8 Å². The van der Waals surface area contributed by atoms with Crippen molar-refractivity contribution in [3.63, 3.8) is 0 Å². The van der Waals surface area contributed by atoms with Crippen LogP contribution in [0.25, 0.3) is 0 Å². The van der Waals surface area contributed by atoms with E-state index in [-0.39, 0.29) is 24.8 Å². The van der Waals surface area contributed by atoms with E-state index < -0.39 is 0 Å². The summed E-state index contributed by atoms with van der Waals surface area (Å²) in [5.41, 5.74) is 2.32. The van der Waals surface area contributed by atoms with E-state index in [1.54, 1.807) is 0 Å². The number of amidine groups is 1. The monoisotopic (exact) mass is 381 g/mol. The number of nitrogens with zero attached hydrogens (tertiary/aromatic N) is 2. The van der Waals surface area contributed by atoms with Gasteiger partial charge in [-0.3, -0.25) is 4.99 Å². The molecular weight excluding hydrogens is 361 g/mol. The molecular formula is C15H22Cl3N3S. The fourth-order valence-electron chi connectivity index (χ4n) is 2.84. The van der Waals surface area contributed by atoms with Crippen molar-refractivity contribution in [2.24, 2.45) is 4.99 Å². The summed E-state index contributed by atoms with van der Waals surface area (Å²) >= 11 is 7.83. The van der Waals surface area contributed by atoms with E-state index in [1.165, 1.54) is 31.4 Å². The lowest BCUT2D eigenvalue weighted by Gasteiger charge is -2.21. The summed E-state index contributed by atoms with van der Waals surface area (Å²) in [5, 5.41) is 5.22. The van der Waals surface area contributed by atoms with Gasteiger partial charge in [-0.2, -0.15) is 0 Å². The van der Waals surface area contributed by atoms with Gasteiger partial charge in [-0.15, -0.1) is 24.8 Å². The van der Waals surface area contributed by atoms with Crippen LogP contribution in [0, 0.1) is 0 Å². The molecule has 1 atom stereocenters. The predicted octanol–water partition coefficient (Wildman–Crippen LogP) is 4.68. The van der Waals surface area contributed by atoms with Crippen molar-refractivity contribution >= 4 is 59.0 Å². The largest absolute Gasteiger partial charge is 0.335 e. The quantitative estimate of drug-likeness (QED) is 0.822. The highest BCUT2D eigenvalue weighted by molar-refractivity contribution is 8.14. The van der Waals surface area contributed by atoms with Gasteiger partial charge in [0.15, 0.2) is 5.17 Å². The maximum atomic E-state index is 6.00. The second-order valence-corrected chi connectivity index (χ2v) is 6.98. The summed E-state index contributed by atoms with van der Waals surface area (Å²) < 4.78 is 0. The van der Waals surface area contributed by atoms with Gasteiger partial charge in [0.2, 0.25) is 0 Å². The van der Waals surface area contributed by atoms with Gasteiger partial charge in [-0.05, 0) is 56.6 Å². The van der Waals surface area contributed by atoms with Crippen LogP contribution in [0.2, 0.25) is 5.02 Å². The molecule has 2 heterocycles. The minimum atomic E-state index is 0. The molecule has 0 aliphatic carbocycles. The third-order valence-corrected chi connectivity index (χ3v) is 5.24. The number of fused-ring (bicyclic) bond motifs is 1. The summed E-state index contributed by atoms with van der Waals surface area (Å²) in [6, 6.07) is 6.71. The van der Waals surface area contributed by atoms with Crippen molar-refractivity contribution < 1.29 is 0 Å². The number of rotatable bonds is 3. The molecule has 1 aromatic carbocycles. The standard InChI is InChI=1S/C15H20ClN3S.2ClH/c1-19-7-2-3-13(19)6-8-20-15-17-10-11-9-12(16)4-5-14(11)18-15;;/h4-5,9,13H,2-3,6-8,10H2,1H3,(H,17,18);2*1H. The Labute approximate surface area is 154 Å². The van der Waals surface area contributed by atoms with Crippen molar-refractivity contribution in [3.8, 4) is 0 Å². The van der Waals surface area contributed by atoms with Gasteiger partial charge in [0.05, 0.1) is 6.54 Å². The van der Waals surface area contributed by atoms with Gasteiger partial charge < -0.3 is 10.2 Å². The summed E-state index contributed by atoms with van der Waals surface area (Å²) in [6.45, 7) is 1.98. The molecule has 0 spiro atoms. The fraction of sp³-hybridized carbons (Fsp3) is 0.533. The molecule has 1 fully saturated rings. The molecule has 0 bridgehead atoms. The van der Waals surface area contributed by atoms with E-state index in [4.69, 9.17) is 11.6 Å². The van der Waals surface area contributed by atoms with Gasteiger partial charge in [0.1, 0.15) is 0 Å². The molecule has 1 unspecified atom stereocenters. The van der Waals surface area contributed by atoms with E-state index >= 15 is 0 Å². The lowest BCUT2D eigenvalue weighted by atomic mass is 10.1. The van der Waals surface area contributed by atoms with Gasteiger partial charge in [-0.25, -0.2) is 0 Å². The highest BCUT2D eigenvalue weighted by Crippen LogP contribution is 2.27. The molecule has 1 N–H and O–H groups in total. The average molecular weight is 383 g/mol. The number of aliphatic imine (C=N–C) groups is 1. The number of hydrogen-bond acceptors (Lipinski definition) is 4. The Bertz CT molecular complexity index is 525. The van der Waals surface area contributed by atoms with Crippen molar-refractivity contribution in [1.29, 1.82) is 0 Å². The van der Waals surface area contributed by atoms with Crippen LogP contribution in [0.4, 0.5) is 5.69 Å². The van der Waals surface area contributed by atoms with E-state index in [2.05, 4.69) is 22.3 Å². The second kappa shape index (κ2) is 9.24. The molecule has 0 radical (unpaired) electrons. The zero-order chi connectivity index (χ0) is 13.9. The van der Waals surface area contributed by atoms with Crippen LogP contribution in [0.5, 0.6) is 0 Å². The zero-order valence-corrected chi connectivity index (χ0v) is 15.8. The first kappa shape index (κ1) is 19.9. The average Bonchev–Trinajstić information content (AvgIpc) is 2.85. The van der Waals surface area contributed by atoms with Crippen LogP contribution in [-0.4, -0.2) is 35.5 Å². The maximum absolute atomic E-state index is 6.00. The Kier molecular flexibility index (Phi) is 8.36. The van der Waals surface area contributed by atoms with Crippen LogP contribution >= 0.6 is 48.2 Å². The van der Waals surface area contributed by atoms with E-state index in [1.807, 2.05) is 30.0 Å². The Balaban J connectivity index is 0.00000121. The van der Waals surface area contributed by atoms with Crippen LogP contribution in [0.3, 0.4) is 0 Å². The molecule has 0 aromatic heterocycles. The number of anilines is 1. The maximum Gasteiger partial charge on any atom is 0.161 e. The van der Waals surface area contributed by atoms with Crippen LogP contribution in [0.15, 0.2) is 23.2 Å². The third kappa shape index (κ3) is 4.93. The summed E-state index contributed by atoms with van der Waals surface area (Å²) in [6.07, 6.45) is 3.94. The summed E-state index contributed by atoms with van der Waals surface area (Å²) in [7, 11) is 2.23. The number of benzene rings is 1. The van der Waals surface area contributed by atoms with Gasteiger partial charge >= 0.3 is 0 Å². The van der Waals surface area contributed by atoms with Crippen LogP contribution < -0.4 is 5.32 Å². The molecule has 2 aliphatic rings. The molecule has 0 amide bonds. The van der Waals surface area contributed by atoms with Gasteiger partial charge in [0, 0.05) is 22.5 Å². The lowest BCUT2D eigenvalue weighted by molar-refractivity contribution is 0.305. The topological polar surface area (TPSA) is 27.6 Å². The van der Waals surface area contributed by atoms with Crippen LogP contribution in [-0.2, 0) is 6.54 Å². The van der Waals surface area contributed by atoms with Crippen molar-refractivity contribution in [2.45, 2.75) is 31.8 Å². The molecule has 1 aromatic rings. The third-order valence-electron chi connectivity index (χ3n) is 4.06. The van der Waals surface area contributed by atoms with E-state index in [0.717, 1.165) is 34.2 Å². The van der Waals surface area contributed by atoms with Crippen molar-refractivity contribution in [1.82, 2.24) is 4.90 Å². The Morgan fingerprint density at radius 2 is 2.23 bits per heavy atom. The predicted molar refractivity (Wildman–Crippen MR) is 103 cm³/mol. The fourth-order valence-corrected chi connectivity index (χ4v) is 3.96. The molecule has 2 aliphatic heterocycles. The number of hydrogen-bond donors (Lipinski definition) is 1. The number of nitrogens with one attached hydrogen (secondary N) is 1. The smallest absolute Gasteiger partial charge is 0.161 e. The molecule has 3 nitrogen and oxygen atoms in total. The number of halogens is 3. The highest BCUT2D eigenvalue weighted by atomic mass is 35.5. The zero-order valence-electron chi connectivity index (χ0n) is 12.5. The van der Waals surface area contributed by atoms with Gasteiger partial charge in [0.25, 0.3) is 0 Å². The molecule has 22 heavy (non-hydrogen) atoms. The first-order chi connectivity index (χ1) is 9.72. The number of thioether (sulfide) groups is 1. The van der Waals surface area contributed by atoms with Crippen molar-refractivity contribution in [3.05, 3.63) is 28.8 Å². The Morgan fingerprint density at radius 1 is 1.41 bits per heavy atom. The Morgan fingerprint density at radius 3 is 2.95 bits per heavy atom. The highest BCUT2D eigenvalue weighted by Gasteiger charge is 2.20. The van der Waals surface area contributed by atoms with E-state index in [9.17, 15) is 0 Å². The molecule has 0 saturated carbocycles. The molecule has 124 valence electrons. The minimum Gasteiger partial charge on any atom is -0.335 e. The minimum absolute atomic E-state index is 0. The van der Waals surface area contributed by atoms with E-state index in [0.29, 0.717) is 0 Å². The summed E-state index contributed by atoms with van der Waals surface area (Å²) in [4.78, 5) is 7.07. The molecule has 1 saturated heterocycles. The normalized spacial score (nSPS) is 20.3. The SMILES string of the molecule is CN1CCCC1CCSC1=NCc2cc(Cl)ccc2N1.Cl.Cl. The first-order valence-corrected chi connectivity index (χ1v) is 8.51. The van der Waals surface area contributed by atoms with Gasteiger partial charge in [-0.1, -0.05) is 23.4 Å².